The first kappa shape index (κ1) is 87.0. The molecule has 0 bridgehead atoms. The molecule has 476 valence electrons. The molecule has 0 saturated carbocycles. The summed E-state index contributed by atoms with van der Waals surface area (Å²) in [6.07, 6.45) is 2.41. The van der Waals surface area contributed by atoms with Crippen LogP contribution in [0.4, 0.5) is 0 Å². The van der Waals surface area contributed by atoms with Crippen molar-refractivity contribution in [2.24, 2.45) is 34.4 Å². The standard InChI is InChI=1S/C10H15NO5.C9H16N2O4.C8H11NO5.C7H12N2O4.C7H11NO5.C7H11NO4S/c1-6(12)9(14)8(13)5-3-2-4-7(11)10(15)16;1-6(12)8(13)11-5-3-2-4-7(10)9(14)15;1-4(10)7(12)6(11)3-2-5(9)8(13)14;1-4(10)6(11)9-3-2-5(8)7(12)13;2*1-4(9)7(12)13-3-2-5(8)6(10)11/h7H,2-5,11H2,1H3,(H,15,16);7H,2-5,10H2,1H3,(H,11,13)(H,14,15);5H,2-3,9H2,1H3,(H,13,14);5H,2-3,8H2,1H3,(H,9,11)(H,12,13);2*5H,2-3,8H2,1H3,(H,10,11). The number of amides is 2. The van der Waals surface area contributed by atoms with Gasteiger partial charge in [-0.2, -0.15) is 0 Å². The fraction of sp³-hybridized carbons (Fsp3) is 0.583. The minimum atomic E-state index is -1.24. The lowest BCUT2D eigenvalue weighted by Gasteiger charge is -2.06. The molecule has 35 nitrogen and oxygen atoms in total. The van der Waals surface area contributed by atoms with E-state index >= 15 is 0 Å². The Labute approximate surface area is 483 Å². The zero-order valence-corrected chi connectivity index (χ0v) is 47.7. The number of hydrogen-bond acceptors (Lipinski definition) is 28. The van der Waals surface area contributed by atoms with Crippen LogP contribution < -0.4 is 45.0 Å². The van der Waals surface area contributed by atoms with Crippen molar-refractivity contribution in [1.29, 1.82) is 0 Å². The first-order valence-electron chi connectivity index (χ1n) is 24.5. The minimum Gasteiger partial charge on any atom is -0.480 e. The van der Waals surface area contributed by atoms with E-state index in [0.29, 0.717) is 38.6 Å². The van der Waals surface area contributed by atoms with Crippen LogP contribution in [0.3, 0.4) is 0 Å². The summed E-state index contributed by atoms with van der Waals surface area (Å²) in [6, 6.07) is -6.02. The molecule has 0 aromatic heterocycles. The van der Waals surface area contributed by atoms with E-state index in [1.807, 2.05) is 0 Å². The van der Waals surface area contributed by atoms with Crippen LogP contribution in [0.15, 0.2) is 0 Å². The van der Waals surface area contributed by atoms with Gasteiger partial charge in [0.25, 0.3) is 28.5 Å². The highest BCUT2D eigenvalue weighted by Gasteiger charge is 2.22. The molecule has 0 radical (unpaired) electrons. The van der Waals surface area contributed by atoms with Crippen molar-refractivity contribution in [3.63, 3.8) is 0 Å². The summed E-state index contributed by atoms with van der Waals surface area (Å²) < 4.78 is 4.39. The van der Waals surface area contributed by atoms with Crippen LogP contribution in [0.2, 0.25) is 0 Å². The molecule has 0 aliphatic carbocycles. The minimum absolute atomic E-state index is 0.00560. The van der Waals surface area contributed by atoms with E-state index in [4.69, 9.17) is 65.0 Å². The topological polar surface area (TPSA) is 652 Å². The number of carboxylic acids is 6. The summed E-state index contributed by atoms with van der Waals surface area (Å²) in [5.74, 6) is -16.5. The number of ketones is 10. The van der Waals surface area contributed by atoms with Crippen LogP contribution in [-0.4, -0.2) is 209 Å². The van der Waals surface area contributed by atoms with Gasteiger partial charge in [0.15, 0.2) is 0 Å². The third kappa shape index (κ3) is 53.0. The Morgan fingerprint density at radius 3 is 1.06 bits per heavy atom. The van der Waals surface area contributed by atoms with Crippen LogP contribution in [0.25, 0.3) is 0 Å². The fourth-order valence-electron chi connectivity index (χ4n) is 4.34. The quantitative estimate of drug-likeness (QED) is 0.0121. The Morgan fingerprint density at radius 1 is 0.369 bits per heavy atom. The number of thioether (sulfide) groups is 1. The number of rotatable bonds is 36. The van der Waals surface area contributed by atoms with Gasteiger partial charge >= 0.3 is 41.8 Å². The Kier molecular flexibility index (Phi) is 52.2. The number of carboxylic acid groups (broad SMARTS) is 6. The molecular weight excluding hydrogens is 1150 g/mol. The monoisotopic (exact) mass is 1230 g/mol. The van der Waals surface area contributed by atoms with E-state index in [1.54, 1.807) is 0 Å². The second-order valence-electron chi connectivity index (χ2n) is 16.9. The van der Waals surface area contributed by atoms with E-state index in [9.17, 15) is 95.9 Å². The van der Waals surface area contributed by atoms with Gasteiger partial charge in [-0.3, -0.25) is 91.1 Å². The second kappa shape index (κ2) is 50.4. The number of unbranched alkanes of at least 4 members (excludes halogenated alkanes) is 2. The highest BCUT2D eigenvalue weighted by Crippen LogP contribution is 2.07. The number of carbonyl (C=O) groups excluding carboxylic acids is 14. The summed E-state index contributed by atoms with van der Waals surface area (Å²) >= 11 is 0.798. The van der Waals surface area contributed by atoms with E-state index in [2.05, 4.69) is 15.4 Å². The van der Waals surface area contributed by atoms with Crippen LogP contribution in [-0.2, 0) is 101 Å². The predicted octanol–water partition coefficient (Wildman–Crippen LogP) is -5.08. The molecule has 0 aliphatic heterocycles. The number of nitrogens with one attached hydrogen (secondary N) is 2. The van der Waals surface area contributed by atoms with E-state index in [1.165, 1.54) is 13.8 Å². The molecule has 0 rings (SSSR count). The van der Waals surface area contributed by atoms with Crippen LogP contribution in [0.5, 0.6) is 0 Å². The average Bonchev–Trinajstić information content (AvgIpc) is 3.40. The number of esters is 1. The lowest BCUT2D eigenvalue weighted by atomic mass is 10.0. The number of aliphatic carboxylic acids is 6. The van der Waals surface area contributed by atoms with Crippen molar-refractivity contribution < 1.29 is 131 Å². The Balaban J connectivity index is -0.000000218. The Bertz CT molecular complexity index is 2230. The van der Waals surface area contributed by atoms with Gasteiger partial charge in [0.1, 0.15) is 36.3 Å². The summed E-state index contributed by atoms with van der Waals surface area (Å²) in [4.78, 5) is 210. The van der Waals surface area contributed by atoms with Crippen molar-refractivity contribution in [3.8, 4) is 0 Å². The molecular formula is C48H76N8O27S. The second-order valence-corrected chi connectivity index (χ2v) is 18.0. The number of hydrogen-bond donors (Lipinski definition) is 14. The molecule has 6 unspecified atom stereocenters. The van der Waals surface area contributed by atoms with Crippen LogP contribution in [0, 0.1) is 0 Å². The first-order chi connectivity index (χ1) is 38.5. The molecule has 0 saturated heterocycles. The average molecular weight is 1230 g/mol. The van der Waals surface area contributed by atoms with E-state index < -0.39 is 153 Å². The Hall–Kier alpha value is -8.29. The molecule has 0 heterocycles. The fourth-order valence-corrected chi connectivity index (χ4v) is 5.10. The van der Waals surface area contributed by atoms with Gasteiger partial charge in [0, 0.05) is 79.6 Å². The molecule has 0 aromatic carbocycles. The van der Waals surface area contributed by atoms with E-state index in [-0.39, 0.29) is 63.9 Å². The molecule has 0 spiro atoms. The van der Waals surface area contributed by atoms with Crippen molar-refractivity contribution >= 4 is 128 Å². The Morgan fingerprint density at radius 2 is 0.702 bits per heavy atom. The molecule has 84 heavy (non-hydrogen) atoms. The summed E-state index contributed by atoms with van der Waals surface area (Å²) in [7, 11) is 0. The summed E-state index contributed by atoms with van der Waals surface area (Å²) in [6.45, 7) is 6.88. The van der Waals surface area contributed by atoms with E-state index in [0.717, 1.165) is 39.5 Å². The lowest BCUT2D eigenvalue weighted by Crippen LogP contribution is -2.37. The smallest absolute Gasteiger partial charge is 0.374 e. The zero-order valence-electron chi connectivity index (χ0n) is 46.9. The van der Waals surface area contributed by atoms with Gasteiger partial charge in [-0.1, -0.05) is 18.2 Å². The van der Waals surface area contributed by atoms with Gasteiger partial charge in [-0.25, -0.2) is 4.79 Å². The first-order valence-corrected chi connectivity index (χ1v) is 25.5. The SMILES string of the molecule is CC(=O)C(=O)C(=O)CCC(N)C(=O)O.CC(=O)C(=O)C(=O)CCCCC(N)C(=O)O.CC(=O)C(=O)NCCC(N)C(=O)O.CC(=O)C(=O)NCCCCC(N)C(=O)O.CC(=O)C(=O)OCCC(N)C(=O)O.CC(=O)C(=O)SCCC(N)C(=O)O. The molecule has 6 atom stereocenters. The highest BCUT2D eigenvalue weighted by atomic mass is 32.2. The summed E-state index contributed by atoms with van der Waals surface area (Å²) in [5, 5.41) is 54.4. The number of ether oxygens (including phenoxy) is 1. The van der Waals surface area contributed by atoms with Crippen molar-refractivity contribution in [2.45, 2.75) is 155 Å². The number of nitrogens with two attached hydrogens (primary N) is 6. The molecule has 0 fully saturated rings. The maximum absolute atomic E-state index is 11.0. The maximum atomic E-state index is 11.0. The molecule has 0 aliphatic rings. The van der Waals surface area contributed by atoms with Gasteiger partial charge in [0.05, 0.1) is 6.61 Å². The third-order valence-corrected chi connectivity index (χ3v) is 10.4. The van der Waals surface area contributed by atoms with Crippen LogP contribution in [0.1, 0.15) is 119 Å². The van der Waals surface area contributed by atoms with Gasteiger partial charge in [-0.05, 0) is 51.4 Å². The number of Topliss-reactive ketones (excluding diaryl/α,β-unsaturated/α-hetero) is 10. The molecule has 0 aromatic rings. The van der Waals surface area contributed by atoms with Crippen LogP contribution >= 0.6 is 11.8 Å². The lowest BCUT2D eigenvalue weighted by molar-refractivity contribution is -0.153. The van der Waals surface area contributed by atoms with Crippen molar-refractivity contribution in [2.75, 3.05) is 25.4 Å². The van der Waals surface area contributed by atoms with Crippen molar-refractivity contribution in [1.82, 2.24) is 10.6 Å². The number of carbonyl (C=O) groups is 20. The van der Waals surface area contributed by atoms with Gasteiger partial charge < -0.3 is 80.4 Å². The normalized spacial score (nSPS) is 11.9. The van der Waals surface area contributed by atoms with Gasteiger partial charge in [-0.15, -0.1) is 0 Å². The predicted molar refractivity (Wildman–Crippen MR) is 288 cm³/mol. The third-order valence-electron chi connectivity index (χ3n) is 9.41. The molecule has 20 N–H and O–H groups in total. The largest absolute Gasteiger partial charge is 0.480 e. The molecule has 36 heteroatoms. The zero-order chi connectivity index (χ0) is 67.2. The summed E-state index contributed by atoms with van der Waals surface area (Å²) in [5.41, 5.74) is 31.0. The maximum Gasteiger partial charge on any atom is 0.374 e. The van der Waals surface area contributed by atoms with Gasteiger partial charge in [0.2, 0.25) is 46.3 Å². The highest BCUT2D eigenvalue weighted by molar-refractivity contribution is 8.15. The van der Waals surface area contributed by atoms with Crippen molar-refractivity contribution in [3.05, 3.63) is 0 Å². The molecule has 2 amide bonds.